The number of hydrogen-bond acceptors (Lipinski definition) is 5. The van der Waals surface area contributed by atoms with Gasteiger partial charge in [0.25, 0.3) is 5.91 Å². The molecule has 20 heavy (non-hydrogen) atoms. The van der Waals surface area contributed by atoms with Crippen LogP contribution in [0.2, 0.25) is 0 Å². The lowest BCUT2D eigenvalue weighted by atomic mass is 10.2. The van der Waals surface area contributed by atoms with Crippen molar-refractivity contribution >= 4 is 28.9 Å². The number of rotatable bonds is 4. The van der Waals surface area contributed by atoms with E-state index in [1.165, 1.54) is 0 Å². The Balaban J connectivity index is 2.10. The molecule has 0 aromatic heterocycles. The van der Waals surface area contributed by atoms with Crippen LogP contribution < -0.4 is 21.1 Å². The first-order valence-corrected chi connectivity index (χ1v) is 6.23. The highest BCUT2D eigenvalue weighted by Crippen LogP contribution is 2.35. The molecule has 0 aliphatic carbocycles. The topological polar surface area (TPSA) is 103 Å². The van der Waals surface area contributed by atoms with Crippen molar-refractivity contribution in [3.63, 3.8) is 0 Å². The maximum absolute atomic E-state index is 11.7. The number of nitrogen functional groups attached to an aromatic ring is 1. The Morgan fingerprint density at radius 2 is 2.30 bits per heavy atom. The molecule has 0 radical (unpaired) electrons. The summed E-state index contributed by atoms with van der Waals surface area (Å²) in [6.07, 6.45) is -0.0330. The molecule has 1 heterocycles. The standard InChI is InChI=1S/C13H17N3O4/c1-7(2)19-5-12(17)15-9-4-10-11(3-8(9)14)20-6-13(18)16-10/h3-4,7H,5-6,14H2,1-2H3,(H,15,17)(H,16,18). The molecule has 1 aromatic rings. The zero-order valence-electron chi connectivity index (χ0n) is 11.4. The number of anilines is 3. The molecule has 0 spiro atoms. The van der Waals surface area contributed by atoms with Crippen molar-refractivity contribution in [2.45, 2.75) is 20.0 Å². The van der Waals surface area contributed by atoms with Gasteiger partial charge in [0.2, 0.25) is 5.91 Å². The minimum atomic E-state index is -0.312. The number of carbonyl (C=O) groups is 2. The second kappa shape index (κ2) is 5.79. The second-order valence-electron chi connectivity index (χ2n) is 4.68. The number of fused-ring (bicyclic) bond motifs is 1. The van der Waals surface area contributed by atoms with Crippen LogP contribution in [0.15, 0.2) is 12.1 Å². The van der Waals surface area contributed by atoms with Crippen LogP contribution >= 0.6 is 0 Å². The summed E-state index contributed by atoms with van der Waals surface area (Å²) in [5.74, 6) is -0.0744. The van der Waals surface area contributed by atoms with Crippen molar-refractivity contribution in [1.82, 2.24) is 0 Å². The van der Waals surface area contributed by atoms with Crippen LogP contribution in [0, 0.1) is 0 Å². The van der Waals surface area contributed by atoms with E-state index in [1.54, 1.807) is 12.1 Å². The highest BCUT2D eigenvalue weighted by molar-refractivity contribution is 6.00. The molecular formula is C13H17N3O4. The number of hydrogen-bond donors (Lipinski definition) is 3. The van der Waals surface area contributed by atoms with Gasteiger partial charge < -0.3 is 25.8 Å². The molecule has 2 rings (SSSR count). The summed E-state index contributed by atoms with van der Waals surface area (Å²) in [6.45, 7) is 3.58. The lowest BCUT2D eigenvalue weighted by molar-refractivity contribution is -0.122. The van der Waals surface area contributed by atoms with Gasteiger partial charge in [-0.05, 0) is 19.9 Å². The molecule has 0 unspecified atom stereocenters. The average Bonchev–Trinajstić information content (AvgIpc) is 2.38. The molecule has 1 aliphatic rings. The Hall–Kier alpha value is -2.28. The summed E-state index contributed by atoms with van der Waals surface area (Å²) in [5.41, 5.74) is 7.09. The van der Waals surface area contributed by atoms with Gasteiger partial charge in [-0.3, -0.25) is 9.59 Å². The van der Waals surface area contributed by atoms with Gasteiger partial charge in [0, 0.05) is 6.07 Å². The molecule has 108 valence electrons. The molecule has 2 amide bonds. The van der Waals surface area contributed by atoms with Crippen LogP contribution in [-0.4, -0.2) is 31.1 Å². The quantitative estimate of drug-likeness (QED) is 0.712. The fourth-order valence-corrected chi connectivity index (χ4v) is 1.68. The van der Waals surface area contributed by atoms with E-state index in [1.807, 2.05) is 13.8 Å². The molecule has 4 N–H and O–H groups in total. The monoisotopic (exact) mass is 279 g/mol. The number of nitrogens with one attached hydrogen (secondary N) is 2. The molecular weight excluding hydrogens is 262 g/mol. The van der Waals surface area contributed by atoms with Crippen LogP contribution in [0.25, 0.3) is 0 Å². The highest BCUT2D eigenvalue weighted by Gasteiger charge is 2.18. The van der Waals surface area contributed by atoms with Gasteiger partial charge in [-0.1, -0.05) is 0 Å². The SMILES string of the molecule is CC(C)OCC(=O)Nc1cc2c(cc1N)OCC(=O)N2. The molecule has 1 aromatic carbocycles. The maximum atomic E-state index is 11.7. The Kier molecular flexibility index (Phi) is 4.09. The predicted octanol–water partition coefficient (Wildman–Crippen LogP) is 0.963. The van der Waals surface area contributed by atoms with E-state index < -0.39 is 0 Å². The first-order valence-electron chi connectivity index (χ1n) is 6.23. The summed E-state index contributed by atoms with van der Waals surface area (Å²) in [6, 6.07) is 3.13. The Labute approximate surface area is 116 Å². The van der Waals surface area contributed by atoms with Crippen molar-refractivity contribution in [3.8, 4) is 5.75 Å². The number of amides is 2. The largest absolute Gasteiger partial charge is 0.482 e. The lowest BCUT2D eigenvalue weighted by Crippen LogP contribution is -2.26. The zero-order valence-corrected chi connectivity index (χ0v) is 11.4. The van der Waals surface area contributed by atoms with E-state index in [9.17, 15) is 9.59 Å². The second-order valence-corrected chi connectivity index (χ2v) is 4.68. The van der Waals surface area contributed by atoms with Crippen LogP contribution in [0.5, 0.6) is 5.75 Å². The van der Waals surface area contributed by atoms with Crippen molar-refractivity contribution in [2.75, 3.05) is 29.6 Å². The van der Waals surface area contributed by atoms with Crippen LogP contribution in [-0.2, 0) is 14.3 Å². The first kappa shape index (κ1) is 14.1. The van der Waals surface area contributed by atoms with Crippen molar-refractivity contribution in [2.24, 2.45) is 0 Å². The zero-order chi connectivity index (χ0) is 14.7. The van der Waals surface area contributed by atoms with E-state index in [0.717, 1.165) is 0 Å². The van der Waals surface area contributed by atoms with E-state index in [0.29, 0.717) is 22.8 Å². The van der Waals surface area contributed by atoms with Gasteiger partial charge >= 0.3 is 0 Å². The summed E-state index contributed by atoms with van der Waals surface area (Å²) >= 11 is 0. The third-order valence-electron chi connectivity index (χ3n) is 2.61. The number of nitrogens with two attached hydrogens (primary N) is 1. The number of carbonyl (C=O) groups excluding carboxylic acids is 2. The van der Waals surface area contributed by atoms with Crippen molar-refractivity contribution < 1.29 is 19.1 Å². The molecule has 0 saturated heterocycles. The van der Waals surface area contributed by atoms with E-state index >= 15 is 0 Å². The highest BCUT2D eigenvalue weighted by atomic mass is 16.5. The first-order chi connectivity index (χ1) is 9.45. The minimum absolute atomic E-state index is 0.0330. The number of ether oxygens (including phenoxy) is 2. The summed E-state index contributed by atoms with van der Waals surface area (Å²) in [5, 5.41) is 5.28. The van der Waals surface area contributed by atoms with E-state index in [4.69, 9.17) is 15.2 Å². The normalized spacial score (nSPS) is 13.4. The maximum Gasteiger partial charge on any atom is 0.262 e. The molecule has 0 atom stereocenters. The van der Waals surface area contributed by atoms with Gasteiger partial charge in [0.05, 0.1) is 23.2 Å². The average molecular weight is 279 g/mol. The Morgan fingerprint density at radius 3 is 3.00 bits per heavy atom. The lowest BCUT2D eigenvalue weighted by Gasteiger charge is -2.20. The van der Waals surface area contributed by atoms with Gasteiger partial charge in [0.15, 0.2) is 6.61 Å². The molecule has 7 heteroatoms. The third kappa shape index (κ3) is 3.39. The minimum Gasteiger partial charge on any atom is -0.482 e. The van der Waals surface area contributed by atoms with Crippen molar-refractivity contribution in [1.29, 1.82) is 0 Å². The van der Waals surface area contributed by atoms with E-state index in [2.05, 4.69) is 10.6 Å². The van der Waals surface area contributed by atoms with Gasteiger partial charge in [0.1, 0.15) is 12.4 Å². The summed E-state index contributed by atoms with van der Waals surface area (Å²) < 4.78 is 10.4. The fourth-order valence-electron chi connectivity index (χ4n) is 1.68. The molecule has 7 nitrogen and oxygen atoms in total. The third-order valence-corrected chi connectivity index (χ3v) is 2.61. The number of benzene rings is 1. The fraction of sp³-hybridized carbons (Fsp3) is 0.385. The molecule has 0 fully saturated rings. The predicted molar refractivity (Wildman–Crippen MR) is 74.7 cm³/mol. The van der Waals surface area contributed by atoms with Crippen molar-refractivity contribution in [3.05, 3.63) is 12.1 Å². The Bertz CT molecular complexity index is 543. The van der Waals surface area contributed by atoms with Crippen LogP contribution in [0.3, 0.4) is 0 Å². The molecule has 1 aliphatic heterocycles. The van der Waals surface area contributed by atoms with Gasteiger partial charge in [-0.25, -0.2) is 0 Å². The smallest absolute Gasteiger partial charge is 0.262 e. The van der Waals surface area contributed by atoms with Gasteiger partial charge in [-0.2, -0.15) is 0 Å². The van der Waals surface area contributed by atoms with Gasteiger partial charge in [-0.15, -0.1) is 0 Å². The van der Waals surface area contributed by atoms with Crippen LogP contribution in [0.1, 0.15) is 13.8 Å². The molecule has 0 bridgehead atoms. The summed E-state index contributed by atoms with van der Waals surface area (Å²) in [7, 11) is 0. The molecule has 0 saturated carbocycles. The summed E-state index contributed by atoms with van der Waals surface area (Å²) in [4.78, 5) is 22.9. The van der Waals surface area contributed by atoms with E-state index in [-0.39, 0.29) is 31.1 Å². The van der Waals surface area contributed by atoms with Crippen LogP contribution in [0.4, 0.5) is 17.1 Å². The Morgan fingerprint density at radius 1 is 1.55 bits per heavy atom.